The Morgan fingerprint density at radius 3 is 2.59 bits per heavy atom. The average Bonchev–Trinajstić information content (AvgIpc) is 3.08. The first-order chi connectivity index (χ1) is 13.8. The Kier molecular flexibility index (Phi) is 5.05. The van der Waals surface area contributed by atoms with Crippen molar-refractivity contribution in [3.05, 3.63) is 68.7 Å². The molecule has 2 amide bonds. The number of carbonyl (C=O) groups is 2. The van der Waals surface area contributed by atoms with E-state index in [0.717, 1.165) is 6.42 Å². The Labute approximate surface area is 182 Å². The van der Waals surface area contributed by atoms with E-state index in [0.29, 0.717) is 31.9 Å². The molecular weight excluding hydrogens is 431 g/mol. The minimum absolute atomic E-state index is 0.0836. The highest BCUT2D eigenvalue weighted by Crippen LogP contribution is 2.56. The van der Waals surface area contributed by atoms with Gasteiger partial charge in [0.05, 0.1) is 4.91 Å². The van der Waals surface area contributed by atoms with Gasteiger partial charge in [-0.25, -0.2) is 0 Å². The number of rotatable bonds is 4. The van der Waals surface area contributed by atoms with E-state index >= 15 is 0 Å². The monoisotopic (exact) mass is 448 g/mol. The molecule has 0 radical (unpaired) electrons. The lowest BCUT2D eigenvalue weighted by Crippen LogP contribution is -2.51. The number of nitrogens with one attached hydrogen (secondary N) is 1. The summed E-state index contributed by atoms with van der Waals surface area (Å²) in [4.78, 5) is 28.3. The molecule has 1 spiro atoms. The van der Waals surface area contributed by atoms with Crippen molar-refractivity contribution in [2.75, 3.05) is 10.2 Å². The van der Waals surface area contributed by atoms with Crippen molar-refractivity contribution in [2.45, 2.75) is 31.1 Å². The standard InChI is InChI=1S/C21H18Cl2N2O3S/c1-3-11(2)29-18-17(26)19(27)25(14-6-4-5-12(22)9-14)21(18)15-8-7-13(23)10-16(15)24-20(21)28/h4-11,26H,3H2,1-2H3,(H,24,28). The van der Waals surface area contributed by atoms with Crippen LogP contribution in [-0.4, -0.2) is 22.2 Å². The molecule has 2 aromatic carbocycles. The second-order valence-electron chi connectivity index (χ2n) is 6.99. The van der Waals surface area contributed by atoms with E-state index < -0.39 is 23.1 Å². The van der Waals surface area contributed by atoms with Crippen LogP contribution in [0.1, 0.15) is 25.8 Å². The van der Waals surface area contributed by atoms with Crippen LogP contribution in [0.3, 0.4) is 0 Å². The molecule has 2 unspecified atom stereocenters. The number of thioether (sulfide) groups is 1. The summed E-state index contributed by atoms with van der Waals surface area (Å²) in [6.07, 6.45) is 0.804. The van der Waals surface area contributed by atoms with Gasteiger partial charge in [-0.15, -0.1) is 11.8 Å². The Bertz CT molecular complexity index is 1070. The zero-order valence-electron chi connectivity index (χ0n) is 15.7. The van der Waals surface area contributed by atoms with Gasteiger partial charge in [-0.3, -0.25) is 14.5 Å². The van der Waals surface area contributed by atoms with Crippen LogP contribution >= 0.6 is 35.0 Å². The second kappa shape index (κ2) is 7.27. The molecule has 2 N–H and O–H groups in total. The molecular formula is C21H18Cl2N2O3S. The molecule has 0 bridgehead atoms. The maximum absolute atomic E-state index is 13.5. The third kappa shape index (κ3) is 2.93. The third-order valence-electron chi connectivity index (χ3n) is 5.19. The second-order valence-corrected chi connectivity index (χ2v) is 9.31. The fourth-order valence-corrected chi connectivity index (χ4v) is 5.29. The maximum atomic E-state index is 13.5. The molecule has 150 valence electrons. The number of carbonyl (C=O) groups excluding carboxylic acids is 2. The number of hydrogen-bond acceptors (Lipinski definition) is 4. The molecule has 2 aliphatic heterocycles. The van der Waals surface area contributed by atoms with Crippen molar-refractivity contribution in [3.8, 4) is 0 Å². The number of benzene rings is 2. The first kappa shape index (κ1) is 20.1. The number of aliphatic hydroxyl groups excluding tert-OH is 1. The van der Waals surface area contributed by atoms with Crippen molar-refractivity contribution >= 4 is 58.2 Å². The molecule has 8 heteroatoms. The largest absolute Gasteiger partial charge is 0.502 e. The van der Waals surface area contributed by atoms with Gasteiger partial charge in [0.2, 0.25) is 0 Å². The molecule has 2 aromatic rings. The quantitative estimate of drug-likeness (QED) is 0.648. The smallest absolute Gasteiger partial charge is 0.295 e. The van der Waals surface area contributed by atoms with Gasteiger partial charge in [-0.1, -0.05) is 49.2 Å². The van der Waals surface area contributed by atoms with E-state index in [1.165, 1.54) is 16.7 Å². The minimum atomic E-state index is -1.51. The number of hydrogen-bond donors (Lipinski definition) is 2. The SMILES string of the molecule is CCC(C)SC1=C(O)C(=O)N(c2cccc(Cl)c2)C12C(=O)Nc1cc(Cl)ccc12. The van der Waals surface area contributed by atoms with Gasteiger partial charge < -0.3 is 10.4 Å². The van der Waals surface area contributed by atoms with Crippen LogP contribution in [0.15, 0.2) is 53.1 Å². The lowest BCUT2D eigenvalue weighted by atomic mass is 9.90. The molecule has 5 nitrogen and oxygen atoms in total. The van der Waals surface area contributed by atoms with Crippen molar-refractivity contribution in [1.82, 2.24) is 0 Å². The van der Waals surface area contributed by atoms with Gasteiger partial charge in [0, 0.05) is 32.2 Å². The van der Waals surface area contributed by atoms with Crippen LogP contribution < -0.4 is 10.2 Å². The highest BCUT2D eigenvalue weighted by atomic mass is 35.5. The first-order valence-corrected chi connectivity index (χ1v) is 10.8. The highest BCUT2D eigenvalue weighted by molar-refractivity contribution is 8.03. The van der Waals surface area contributed by atoms with Gasteiger partial charge in [0.25, 0.3) is 11.8 Å². The summed E-state index contributed by atoms with van der Waals surface area (Å²) in [5.41, 5.74) is -0.0130. The van der Waals surface area contributed by atoms with Crippen LogP contribution in [0.2, 0.25) is 10.0 Å². The Morgan fingerprint density at radius 2 is 1.90 bits per heavy atom. The van der Waals surface area contributed by atoms with Gasteiger partial charge >= 0.3 is 0 Å². The van der Waals surface area contributed by atoms with E-state index in [-0.39, 0.29) is 5.25 Å². The van der Waals surface area contributed by atoms with E-state index in [4.69, 9.17) is 23.2 Å². The number of anilines is 2. The zero-order valence-corrected chi connectivity index (χ0v) is 18.0. The Balaban J connectivity index is 2.01. The Morgan fingerprint density at radius 1 is 1.17 bits per heavy atom. The normalized spacial score (nSPS) is 21.7. The third-order valence-corrected chi connectivity index (χ3v) is 7.12. The fraction of sp³-hybridized carbons (Fsp3) is 0.238. The predicted octanol–water partition coefficient (Wildman–Crippen LogP) is 5.49. The molecule has 0 aromatic heterocycles. The molecule has 2 heterocycles. The molecule has 4 rings (SSSR count). The summed E-state index contributed by atoms with van der Waals surface area (Å²) in [5.74, 6) is -1.48. The van der Waals surface area contributed by atoms with Crippen LogP contribution in [-0.2, 0) is 15.1 Å². The van der Waals surface area contributed by atoms with Crippen LogP contribution in [0.5, 0.6) is 0 Å². The van der Waals surface area contributed by atoms with Gasteiger partial charge in [0.15, 0.2) is 11.3 Å². The number of fused-ring (bicyclic) bond motifs is 2. The van der Waals surface area contributed by atoms with Crippen LogP contribution in [0.25, 0.3) is 0 Å². The number of halogens is 2. The van der Waals surface area contributed by atoms with E-state index in [9.17, 15) is 14.7 Å². The molecule has 2 atom stereocenters. The van der Waals surface area contributed by atoms with Gasteiger partial charge in [0.1, 0.15) is 0 Å². The van der Waals surface area contributed by atoms with Crippen molar-refractivity contribution < 1.29 is 14.7 Å². The minimum Gasteiger partial charge on any atom is -0.502 e. The fourth-order valence-electron chi connectivity index (χ4n) is 3.70. The van der Waals surface area contributed by atoms with E-state index in [2.05, 4.69) is 5.32 Å². The first-order valence-electron chi connectivity index (χ1n) is 9.12. The molecule has 2 aliphatic rings. The lowest BCUT2D eigenvalue weighted by molar-refractivity contribution is -0.123. The maximum Gasteiger partial charge on any atom is 0.295 e. The van der Waals surface area contributed by atoms with Gasteiger partial charge in [-0.2, -0.15) is 0 Å². The lowest BCUT2D eigenvalue weighted by Gasteiger charge is -2.35. The predicted molar refractivity (Wildman–Crippen MR) is 118 cm³/mol. The summed E-state index contributed by atoms with van der Waals surface area (Å²) in [7, 11) is 0. The summed E-state index contributed by atoms with van der Waals surface area (Å²) in [6.45, 7) is 4.00. The van der Waals surface area contributed by atoms with Crippen molar-refractivity contribution in [3.63, 3.8) is 0 Å². The number of amides is 2. The summed E-state index contributed by atoms with van der Waals surface area (Å²) in [6, 6.07) is 11.7. The number of aliphatic hydroxyl groups is 1. The summed E-state index contributed by atoms with van der Waals surface area (Å²) < 4.78 is 0. The molecule has 0 saturated heterocycles. The summed E-state index contributed by atoms with van der Waals surface area (Å²) >= 11 is 13.6. The van der Waals surface area contributed by atoms with Crippen molar-refractivity contribution in [1.29, 1.82) is 0 Å². The van der Waals surface area contributed by atoms with Crippen molar-refractivity contribution in [2.24, 2.45) is 0 Å². The molecule has 0 saturated carbocycles. The Hall–Kier alpha value is -2.15. The van der Waals surface area contributed by atoms with Gasteiger partial charge in [-0.05, 0) is 36.8 Å². The molecule has 29 heavy (non-hydrogen) atoms. The average molecular weight is 449 g/mol. The topological polar surface area (TPSA) is 69.6 Å². The zero-order chi connectivity index (χ0) is 20.9. The molecule has 0 aliphatic carbocycles. The van der Waals surface area contributed by atoms with E-state index in [1.54, 1.807) is 42.5 Å². The number of nitrogens with zero attached hydrogens (tertiary/aromatic N) is 1. The van der Waals surface area contributed by atoms with E-state index in [1.807, 2.05) is 13.8 Å². The van der Waals surface area contributed by atoms with Crippen LogP contribution in [0.4, 0.5) is 11.4 Å². The molecule has 0 fully saturated rings. The van der Waals surface area contributed by atoms with Crippen LogP contribution in [0, 0.1) is 0 Å². The highest BCUT2D eigenvalue weighted by Gasteiger charge is 2.63. The summed E-state index contributed by atoms with van der Waals surface area (Å²) in [5, 5.41) is 14.7.